The summed E-state index contributed by atoms with van der Waals surface area (Å²) in [5.74, 6) is 1.43. The van der Waals surface area contributed by atoms with Crippen LogP contribution in [0, 0.1) is 13.8 Å². The monoisotopic (exact) mass is 415 g/mol. The van der Waals surface area contributed by atoms with E-state index in [1.807, 2.05) is 29.9 Å². The lowest BCUT2D eigenvalue weighted by Gasteiger charge is -2.11. The van der Waals surface area contributed by atoms with E-state index in [-0.39, 0.29) is 0 Å². The van der Waals surface area contributed by atoms with Crippen LogP contribution in [0.15, 0.2) is 61.2 Å². The van der Waals surface area contributed by atoms with Gasteiger partial charge in [0, 0.05) is 18.4 Å². The second kappa shape index (κ2) is 8.83. The van der Waals surface area contributed by atoms with Crippen LogP contribution >= 0.6 is 0 Å². The fraction of sp³-hybridized carbons (Fsp3) is 0.217. The van der Waals surface area contributed by atoms with E-state index in [4.69, 9.17) is 0 Å². The first-order valence-electron chi connectivity index (χ1n) is 10.1. The molecule has 4 rings (SSSR count). The SMILES string of the molecule is CNc1nc(Nc2cc(C)cc(C)c2)nc(Nc2cccc(Cn3cc[n+](C)c3)c2)n1. The van der Waals surface area contributed by atoms with E-state index in [9.17, 15) is 0 Å². The van der Waals surface area contributed by atoms with Crippen molar-refractivity contribution in [3.8, 4) is 0 Å². The number of hydrogen-bond acceptors (Lipinski definition) is 6. The normalized spacial score (nSPS) is 10.7. The zero-order valence-corrected chi connectivity index (χ0v) is 18.2. The zero-order valence-electron chi connectivity index (χ0n) is 18.2. The molecular weight excluding hydrogens is 388 g/mol. The van der Waals surface area contributed by atoms with Crippen LogP contribution in [0.1, 0.15) is 16.7 Å². The first kappa shape index (κ1) is 20.3. The predicted octanol–water partition coefficient (Wildman–Crippen LogP) is 3.69. The number of nitrogens with zero attached hydrogens (tertiary/aromatic N) is 5. The molecule has 8 heteroatoms. The molecule has 3 N–H and O–H groups in total. The molecule has 0 spiro atoms. The van der Waals surface area contributed by atoms with Crippen molar-refractivity contribution < 1.29 is 4.57 Å². The van der Waals surface area contributed by atoms with Gasteiger partial charge in [-0.1, -0.05) is 18.2 Å². The number of rotatable bonds is 7. The third kappa shape index (κ3) is 5.36. The first-order chi connectivity index (χ1) is 15.0. The lowest BCUT2D eigenvalue weighted by molar-refractivity contribution is -0.671. The third-order valence-corrected chi connectivity index (χ3v) is 4.71. The fourth-order valence-corrected chi connectivity index (χ4v) is 3.46. The van der Waals surface area contributed by atoms with Gasteiger partial charge in [0.25, 0.3) is 0 Å². The maximum atomic E-state index is 4.56. The van der Waals surface area contributed by atoms with Crippen LogP contribution in [0.4, 0.5) is 29.2 Å². The van der Waals surface area contributed by atoms with Crippen molar-refractivity contribution in [2.24, 2.45) is 7.05 Å². The molecule has 31 heavy (non-hydrogen) atoms. The van der Waals surface area contributed by atoms with Gasteiger partial charge in [0.15, 0.2) is 0 Å². The Hall–Kier alpha value is -3.94. The third-order valence-electron chi connectivity index (χ3n) is 4.71. The second-order valence-electron chi connectivity index (χ2n) is 7.63. The van der Waals surface area contributed by atoms with Gasteiger partial charge in [0.05, 0.1) is 7.05 Å². The topological polar surface area (TPSA) is 83.6 Å². The largest absolute Gasteiger partial charge is 0.357 e. The van der Waals surface area contributed by atoms with Crippen LogP contribution in [0.5, 0.6) is 0 Å². The van der Waals surface area contributed by atoms with Gasteiger partial charge < -0.3 is 16.0 Å². The average molecular weight is 416 g/mol. The molecule has 0 radical (unpaired) electrons. The number of hydrogen-bond donors (Lipinski definition) is 3. The molecule has 0 amide bonds. The zero-order chi connectivity index (χ0) is 21.8. The van der Waals surface area contributed by atoms with Gasteiger partial charge in [-0.05, 0) is 54.8 Å². The molecule has 0 aliphatic carbocycles. The van der Waals surface area contributed by atoms with Crippen molar-refractivity contribution in [2.45, 2.75) is 20.4 Å². The minimum absolute atomic E-state index is 0.468. The summed E-state index contributed by atoms with van der Waals surface area (Å²) in [4.78, 5) is 13.4. The number of aromatic nitrogens is 5. The number of anilines is 5. The van der Waals surface area contributed by atoms with Crippen LogP contribution in [0.2, 0.25) is 0 Å². The Bertz CT molecular complexity index is 1180. The number of nitrogens with one attached hydrogen (secondary N) is 3. The highest BCUT2D eigenvalue weighted by Gasteiger charge is 2.09. The summed E-state index contributed by atoms with van der Waals surface area (Å²) in [5.41, 5.74) is 5.39. The number of benzene rings is 2. The van der Waals surface area contributed by atoms with E-state index in [1.54, 1.807) is 7.05 Å². The summed E-state index contributed by atoms with van der Waals surface area (Å²) in [5, 5.41) is 9.59. The molecule has 2 aromatic carbocycles. The van der Waals surface area contributed by atoms with Gasteiger partial charge in [-0.3, -0.25) is 0 Å². The van der Waals surface area contributed by atoms with E-state index < -0.39 is 0 Å². The van der Waals surface area contributed by atoms with Crippen molar-refractivity contribution in [2.75, 3.05) is 23.0 Å². The lowest BCUT2D eigenvalue weighted by atomic mass is 10.1. The van der Waals surface area contributed by atoms with Gasteiger partial charge in [0.2, 0.25) is 24.2 Å². The van der Waals surface area contributed by atoms with E-state index >= 15 is 0 Å². The quantitative estimate of drug-likeness (QED) is 0.399. The van der Waals surface area contributed by atoms with Crippen LogP contribution < -0.4 is 20.5 Å². The average Bonchev–Trinajstić information content (AvgIpc) is 3.11. The Morgan fingerprint density at radius 2 is 1.55 bits per heavy atom. The van der Waals surface area contributed by atoms with E-state index in [2.05, 4.69) is 92.2 Å². The Balaban J connectivity index is 1.55. The van der Waals surface area contributed by atoms with Crippen LogP contribution in [-0.4, -0.2) is 26.6 Å². The van der Waals surface area contributed by atoms with Crippen molar-refractivity contribution in [3.63, 3.8) is 0 Å². The summed E-state index contributed by atoms with van der Waals surface area (Å²) >= 11 is 0. The summed E-state index contributed by atoms with van der Waals surface area (Å²) in [6.45, 7) is 4.92. The van der Waals surface area contributed by atoms with Crippen molar-refractivity contribution in [1.82, 2.24) is 19.5 Å². The Morgan fingerprint density at radius 3 is 2.19 bits per heavy atom. The van der Waals surface area contributed by atoms with Crippen molar-refractivity contribution >= 4 is 29.2 Å². The van der Waals surface area contributed by atoms with Gasteiger partial charge in [-0.15, -0.1) is 0 Å². The molecule has 158 valence electrons. The van der Waals surface area contributed by atoms with Crippen LogP contribution in [-0.2, 0) is 13.6 Å². The highest BCUT2D eigenvalue weighted by molar-refractivity contribution is 5.60. The highest BCUT2D eigenvalue weighted by Crippen LogP contribution is 2.21. The maximum Gasteiger partial charge on any atom is 0.243 e. The minimum atomic E-state index is 0.468. The van der Waals surface area contributed by atoms with Gasteiger partial charge in [-0.25, -0.2) is 9.13 Å². The molecule has 8 nitrogen and oxygen atoms in total. The van der Waals surface area contributed by atoms with E-state index in [0.717, 1.165) is 17.9 Å². The second-order valence-corrected chi connectivity index (χ2v) is 7.63. The molecule has 0 bridgehead atoms. The number of aryl methyl sites for hydroxylation is 3. The number of imidazole rings is 1. The van der Waals surface area contributed by atoms with Gasteiger partial charge >= 0.3 is 0 Å². The lowest BCUT2D eigenvalue weighted by Crippen LogP contribution is -2.23. The van der Waals surface area contributed by atoms with Crippen LogP contribution in [0.3, 0.4) is 0 Å². The van der Waals surface area contributed by atoms with Crippen molar-refractivity contribution in [1.29, 1.82) is 0 Å². The summed E-state index contributed by atoms with van der Waals surface area (Å²) in [6.07, 6.45) is 6.13. The summed E-state index contributed by atoms with van der Waals surface area (Å²) in [6, 6.07) is 14.5. The maximum absolute atomic E-state index is 4.56. The van der Waals surface area contributed by atoms with E-state index in [1.165, 1.54) is 16.7 Å². The first-order valence-corrected chi connectivity index (χ1v) is 10.1. The van der Waals surface area contributed by atoms with E-state index in [0.29, 0.717) is 17.8 Å². The molecule has 2 aromatic heterocycles. The molecule has 0 atom stereocenters. The molecule has 0 saturated carbocycles. The molecule has 0 aliphatic heterocycles. The Kier molecular flexibility index (Phi) is 5.79. The molecule has 0 fully saturated rings. The summed E-state index contributed by atoms with van der Waals surface area (Å²) < 4.78 is 4.16. The summed E-state index contributed by atoms with van der Waals surface area (Å²) in [7, 11) is 3.80. The molecule has 0 saturated heterocycles. The smallest absolute Gasteiger partial charge is 0.243 e. The molecular formula is C23H27N8+. The van der Waals surface area contributed by atoms with Crippen molar-refractivity contribution in [3.05, 3.63) is 77.9 Å². The molecule has 4 aromatic rings. The standard InChI is InChI=1S/C23H27N8/c1-16-10-17(2)12-20(11-16)26-23-28-21(24-3)27-22(29-23)25-19-7-5-6-18(13-19)14-31-9-8-30(4)15-31/h5-13,15H,14H2,1-4H3,(H3,24,25,26,27,28,29)/q+1. The van der Waals surface area contributed by atoms with Gasteiger partial charge in [-0.2, -0.15) is 15.0 Å². The molecule has 0 unspecified atom stereocenters. The van der Waals surface area contributed by atoms with Crippen LogP contribution in [0.25, 0.3) is 0 Å². The fourth-order valence-electron chi connectivity index (χ4n) is 3.46. The Morgan fingerprint density at radius 1 is 0.871 bits per heavy atom. The molecule has 0 aliphatic rings. The predicted molar refractivity (Wildman–Crippen MR) is 123 cm³/mol. The molecule has 2 heterocycles. The Labute approximate surface area is 182 Å². The minimum Gasteiger partial charge on any atom is -0.357 e. The highest BCUT2D eigenvalue weighted by atomic mass is 15.3. The van der Waals surface area contributed by atoms with Gasteiger partial charge in [0.1, 0.15) is 18.9 Å².